The van der Waals surface area contributed by atoms with Crippen molar-refractivity contribution in [3.05, 3.63) is 35.9 Å². The summed E-state index contributed by atoms with van der Waals surface area (Å²) in [5.41, 5.74) is 7.25. The fourth-order valence-corrected chi connectivity index (χ4v) is 3.10. The highest BCUT2D eigenvalue weighted by Gasteiger charge is 2.28. The Labute approximate surface area is 146 Å². The van der Waals surface area contributed by atoms with Gasteiger partial charge in [0.2, 0.25) is 5.91 Å². The number of hydrogen-bond acceptors (Lipinski definition) is 3. The largest absolute Gasteiger partial charge is 0.337 e. The third kappa shape index (κ3) is 6.50. The van der Waals surface area contributed by atoms with E-state index in [9.17, 15) is 4.79 Å². The molecule has 0 aliphatic heterocycles. The van der Waals surface area contributed by atoms with E-state index in [-0.39, 0.29) is 30.3 Å². The molecular weight excluding hydrogens is 310 g/mol. The van der Waals surface area contributed by atoms with Gasteiger partial charge in [-0.2, -0.15) is 0 Å². The molecule has 2 unspecified atom stereocenters. The molecule has 130 valence electrons. The first-order valence-electron chi connectivity index (χ1n) is 8.29. The van der Waals surface area contributed by atoms with Crippen molar-refractivity contribution in [2.75, 3.05) is 27.2 Å². The topological polar surface area (TPSA) is 49.6 Å². The predicted molar refractivity (Wildman–Crippen MR) is 97.6 cm³/mol. The summed E-state index contributed by atoms with van der Waals surface area (Å²) < 4.78 is 0. The van der Waals surface area contributed by atoms with Crippen LogP contribution < -0.4 is 5.73 Å². The maximum Gasteiger partial charge on any atom is 0.226 e. The summed E-state index contributed by atoms with van der Waals surface area (Å²) in [7, 11) is 4.09. The summed E-state index contributed by atoms with van der Waals surface area (Å²) in [5, 5.41) is 0. The number of amides is 1. The van der Waals surface area contributed by atoms with Gasteiger partial charge >= 0.3 is 0 Å². The molecule has 1 amide bonds. The van der Waals surface area contributed by atoms with Gasteiger partial charge in [-0.15, -0.1) is 12.4 Å². The molecule has 23 heavy (non-hydrogen) atoms. The van der Waals surface area contributed by atoms with Gasteiger partial charge in [-0.25, -0.2) is 0 Å². The number of carbonyl (C=O) groups excluding carboxylic acids is 1. The maximum atomic E-state index is 12.9. The minimum Gasteiger partial charge on any atom is -0.337 e. The number of benzene rings is 1. The second kappa shape index (κ2) is 9.91. The summed E-state index contributed by atoms with van der Waals surface area (Å²) >= 11 is 0. The normalized spacial score (nSPS) is 20.9. The molecule has 1 aromatic carbocycles. The van der Waals surface area contributed by atoms with Crippen LogP contribution in [0.5, 0.6) is 0 Å². The van der Waals surface area contributed by atoms with Gasteiger partial charge in [0.05, 0.1) is 0 Å². The first-order valence-corrected chi connectivity index (χ1v) is 8.29. The summed E-state index contributed by atoms with van der Waals surface area (Å²) in [6, 6.07) is 10.4. The lowest BCUT2D eigenvalue weighted by Crippen LogP contribution is -2.42. The quantitative estimate of drug-likeness (QED) is 0.866. The first-order chi connectivity index (χ1) is 10.6. The number of rotatable bonds is 6. The van der Waals surface area contributed by atoms with Crippen LogP contribution in [0.1, 0.15) is 31.2 Å². The Morgan fingerprint density at radius 2 is 1.87 bits per heavy atom. The van der Waals surface area contributed by atoms with E-state index in [4.69, 9.17) is 5.73 Å². The van der Waals surface area contributed by atoms with Crippen LogP contribution >= 0.6 is 12.4 Å². The average molecular weight is 340 g/mol. The number of nitrogens with two attached hydrogens (primary N) is 1. The second-order valence-corrected chi connectivity index (χ2v) is 6.67. The van der Waals surface area contributed by atoms with Crippen LogP contribution in [-0.2, 0) is 11.3 Å². The lowest BCUT2D eigenvalue weighted by molar-refractivity contribution is -0.137. The lowest BCUT2D eigenvalue weighted by atomic mass is 9.85. The van der Waals surface area contributed by atoms with Crippen LogP contribution in [0.3, 0.4) is 0 Å². The monoisotopic (exact) mass is 339 g/mol. The molecule has 1 aliphatic rings. The predicted octanol–water partition coefficient (Wildman–Crippen LogP) is 2.52. The van der Waals surface area contributed by atoms with Gasteiger partial charge in [0.25, 0.3) is 0 Å². The van der Waals surface area contributed by atoms with Crippen LogP contribution in [0.2, 0.25) is 0 Å². The van der Waals surface area contributed by atoms with Gasteiger partial charge < -0.3 is 15.5 Å². The highest BCUT2D eigenvalue weighted by Crippen LogP contribution is 2.25. The number of carbonyl (C=O) groups is 1. The highest BCUT2D eigenvalue weighted by atomic mass is 35.5. The molecule has 1 aromatic rings. The van der Waals surface area contributed by atoms with Gasteiger partial charge in [0.1, 0.15) is 0 Å². The second-order valence-electron chi connectivity index (χ2n) is 6.67. The Balaban J connectivity index is 0.00000264. The van der Waals surface area contributed by atoms with Gasteiger partial charge in [-0.05, 0) is 38.9 Å². The van der Waals surface area contributed by atoms with Crippen molar-refractivity contribution in [1.29, 1.82) is 0 Å². The third-order valence-corrected chi connectivity index (χ3v) is 4.41. The summed E-state index contributed by atoms with van der Waals surface area (Å²) in [6.45, 7) is 2.35. The number of likely N-dealkylation sites (N-methyl/N-ethyl adjacent to an activating group) is 1. The number of halogens is 1. The van der Waals surface area contributed by atoms with E-state index >= 15 is 0 Å². The Morgan fingerprint density at radius 3 is 2.48 bits per heavy atom. The SMILES string of the molecule is CN(C)CCN(Cc1ccccc1)C(=O)C1CCCC(N)C1.Cl. The van der Waals surface area contributed by atoms with E-state index < -0.39 is 0 Å². The minimum atomic E-state index is 0. The van der Waals surface area contributed by atoms with Crippen LogP contribution in [-0.4, -0.2) is 48.9 Å². The molecule has 1 saturated carbocycles. The fourth-order valence-electron chi connectivity index (χ4n) is 3.10. The molecule has 2 atom stereocenters. The van der Waals surface area contributed by atoms with E-state index in [0.29, 0.717) is 6.54 Å². The molecule has 1 aliphatic carbocycles. The Kier molecular flexibility index (Phi) is 8.59. The molecule has 2 N–H and O–H groups in total. The van der Waals surface area contributed by atoms with Crippen LogP contribution in [0.25, 0.3) is 0 Å². The maximum absolute atomic E-state index is 12.9. The minimum absolute atomic E-state index is 0. The van der Waals surface area contributed by atoms with Crippen LogP contribution in [0.4, 0.5) is 0 Å². The van der Waals surface area contributed by atoms with E-state index in [0.717, 1.165) is 38.8 Å². The zero-order valence-corrected chi connectivity index (χ0v) is 15.1. The standard InChI is InChI=1S/C18H29N3O.ClH/c1-20(2)11-12-21(14-15-7-4-3-5-8-15)18(22)16-9-6-10-17(19)13-16;/h3-5,7-8,16-17H,6,9-14,19H2,1-2H3;1H. The van der Waals surface area contributed by atoms with Crippen molar-refractivity contribution >= 4 is 18.3 Å². The summed E-state index contributed by atoms with van der Waals surface area (Å²) in [6.07, 6.45) is 3.95. The molecular formula is C18H30ClN3O. The van der Waals surface area contributed by atoms with Crippen molar-refractivity contribution in [3.63, 3.8) is 0 Å². The highest BCUT2D eigenvalue weighted by molar-refractivity contribution is 5.85. The van der Waals surface area contributed by atoms with E-state index in [1.165, 1.54) is 5.56 Å². The van der Waals surface area contributed by atoms with Gasteiger partial charge in [-0.3, -0.25) is 4.79 Å². The molecule has 0 bridgehead atoms. The van der Waals surface area contributed by atoms with Crippen LogP contribution in [0, 0.1) is 5.92 Å². The molecule has 0 heterocycles. The molecule has 0 spiro atoms. The zero-order chi connectivity index (χ0) is 15.9. The first kappa shape index (κ1) is 19.9. The molecule has 4 nitrogen and oxygen atoms in total. The lowest BCUT2D eigenvalue weighted by Gasteiger charge is -2.32. The Morgan fingerprint density at radius 1 is 1.17 bits per heavy atom. The van der Waals surface area contributed by atoms with Gasteiger partial charge in [0.15, 0.2) is 0 Å². The van der Waals surface area contributed by atoms with Gasteiger partial charge in [-0.1, -0.05) is 36.8 Å². The van der Waals surface area contributed by atoms with Crippen molar-refractivity contribution in [2.45, 2.75) is 38.3 Å². The molecule has 5 heteroatoms. The average Bonchev–Trinajstić information content (AvgIpc) is 2.51. The van der Waals surface area contributed by atoms with Crippen LogP contribution in [0.15, 0.2) is 30.3 Å². The van der Waals surface area contributed by atoms with Gasteiger partial charge in [0, 0.05) is 31.6 Å². The van der Waals surface area contributed by atoms with Crippen molar-refractivity contribution < 1.29 is 4.79 Å². The van der Waals surface area contributed by atoms with E-state index in [2.05, 4.69) is 17.0 Å². The zero-order valence-electron chi connectivity index (χ0n) is 14.3. The van der Waals surface area contributed by atoms with E-state index in [1.54, 1.807) is 0 Å². The Hall–Kier alpha value is -1.10. The molecule has 0 aromatic heterocycles. The third-order valence-electron chi connectivity index (χ3n) is 4.41. The molecule has 2 rings (SSSR count). The summed E-state index contributed by atoms with van der Waals surface area (Å²) in [4.78, 5) is 17.0. The molecule has 0 saturated heterocycles. The van der Waals surface area contributed by atoms with Crippen molar-refractivity contribution in [3.8, 4) is 0 Å². The van der Waals surface area contributed by atoms with Crippen molar-refractivity contribution in [1.82, 2.24) is 9.80 Å². The molecule has 1 fully saturated rings. The van der Waals surface area contributed by atoms with Crippen molar-refractivity contribution in [2.24, 2.45) is 11.7 Å². The van der Waals surface area contributed by atoms with E-state index in [1.807, 2.05) is 37.2 Å². The fraction of sp³-hybridized carbons (Fsp3) is 0.611. The Bertz CT molecular complexity index is 467. The molecule has 0 radical (unpaired) electrons. The number of nitrogens with zero attached hydrogens (tertiary/aromatic N) is 2. The summed E-state index contributed by atoms with van der Waals surface area (Å²) in [5.74, 6) is 0.385. The smallest absolute Gasteiger partial charge is 0.226 e. The number of hydrogen-bond donors (Lipinski definition) is 1.